The molecule has 1 aliphatic rings. The molecule has 0 aromatic rings. The number of carbonyl (C=O) groups excluding carboxylic acids is 1. The lowest BCUT2D eigenvalue weighted by molar-refractivity contribution is 0.310. The van der Waals surface area contributed by atoms with Crippen LogP contribution in [0.25, 0.3) is 0 Å². The first-order valence-electron chi connectivity index (χ1n) is 3.98. The summed E-state index contributed by atoms with van der Waals surface area (Å²) in [6.07, 6.45) is 8.37. The van der Waals surface area contributed by atoms with Crippen molar-refractivity contribution >= 4 is 5.78 Å². The number of ketones is 1. The average Bonchev–Trinajstić information content (AvgIpc) is 2.09. The highest BCUT2D eigenvalue weighted by Gasteiger charge is 2.16. The second kappa shape index (κ2) is 3.90. The molecule has 0 bridgehead atoms. The topological polar surface area (TPSA) is 30.6 Å². The first-order valence-corrected chi connectivity index (χ1v) is 3.98. The molecule has 0 aliphatic heterocycles. The fraction of sp³-hybridized carbons (Fsp3) is 0.300. The highest BCUT2D eigenvalue weighted by Crippen LogP contribution is 2.13. The molecule has 0 aromatic heterocycles. The maximum Gasteiger partial charge on any atom is 0.381 e. The average molecular weight is 165 g/mol. The Labute approximate surface area is 72.2 Å². The predicted molar refractivity (Wildman–Crippen MR) is 49.5 cm³/mol. The van der Waals surface area contributed by atoms with E-state index in [4.69, 9.17) is 4.74 Å². The Bertz CT molecular complexity index is 270. The summed E-state index contributed by atoms with van der Waals surface area (Å²) in [7, 11) is 1.55. The molecule has 2 heteroatoms. The maximum absolute atomic E-state index is 9.26. The Kier molecular flexibility index (Phi) is 2.86. The monoisotopic (exact) mass is 165 g/mol. The minimum absolute atomic E-state index is 0.186. The fourth-order valence-corrected chi connectivity index (χ4v) is 1.06. The summed E-state index contributed by atoms with van der Waals surface area (Å²) < 4.78 is 4.96. The molecule has 1 rings (SSSR count). The van der Waals surface area contributed by atoms with Crippen molar-refractivity contribution in [3.8, 4) is 0 Å². The van der Waals surface area contributed by atoms with Crippen molar-refractivity contribution in [1.82, 2.24) is 0 Å². The van der Waals surface area contributed by atoms with Gasteiger partial charge in [-0.25, -0.2) is 0 Å². The lowest BCUT2D eigenvalue weighted by atomic mass is 10.1. The molecule has 1 aliphatic carbocycles. The van der Waals surface area contributed by atoms with Gasteiger partial charge in [-0.1, -0.05) is 13.0 Å². The normalized spacial score (nSPS) is 19.7. The summed E-state index contributed by atoms with van der Waals surface area (Å²) in [5.74, 6) is 0.711. The quantitative estimate of drug-likeness (QED) is 0.575. The Morgan fingerprint density at radius 3 is 2.83 bits per heavy atom. The molecular formula is C10H13O2+. The van der Waals surface area contributed by atoms with E-state index in [2.05, 4.69) is 13.0 Å². The van der Waals surface area contributed by atoms with Crippen LogP contribution in [0.2, 0.25) is 0 Å². The molecule has 0 aromatic carbocycles. The molecule has 0 saturated carbocycles. The van der Waals surface area contributed by atoms with E-state index in [1.807, 2.05) is 12.2 Å². The summed E-state index contributed by atoms with van der Waals surface area (Å²) in [5, 5.41) is 0. The van der Waals surface area contributed by atoms with E-state index in [0.29, 0.717) is 5.76 Å². The van der Waals surface area contributed by atoms with Gasteiger partial charge in [0.1, 0.15) is 0 Å². The van der Waals surface area contributed by atoms with Gasteiger partial charge in [-0.05, 0) is 24.1 Å². The molecule has 64 valence electrons. The van der Waals surface area contributed by atoms with Crippen LogP contribution in [-0.4, -0.2) is 17.7 Å². The SMILES string of the molecule is CC/C=C1\C=CC(=[OH+])C(OC)=C1. The zero-order valence-corrected chi connectivity index (χ0v) is 7.37. The van der Waals surface area contributed by atoms with Crippen molar-refractivity contribution in [3.05, 3.63) is 35.6 Å². The number of allylic oxidation sites excluding steroid dienone is 5. The van der Waals surface area contributed by atoms with Crippen LogP contribution < -0.4 is 0 Å². The van der Waals surface area contributed by atoms with Crippen molar-refractivity contribution in [2.75, 3.05) is 7.11 Å². The number of hydrogen-bond donors (Lipinski definition) is 0. The number of ether oxygens (including phenoxy) is 1. The molecular weight excluding hydrogens is 152 g/mol. The maximum atomic E-state index is 9.26. The first-order chi connectivity index (χ1) is 5.77. The minimum atomic E-state index is 0.186. The summed E-state index contributed by atoms with van der Waals surface area (Å²) in [5.41, 5.74) is 1.08. The van der Waals surface area contributed by atoms with Crippen LogP contribution in [0.15, 0.2) is 35.6 Å². The van der Waals surface area contributed by atoms with Gasteiger partial charge in [-0.15, -0.1) is 0 Å². The van der Waals surface area contributed by atoms with E-state index in [9.17, 15) is 4.79 Å². The smallest absolute Gasteiger partial charge is 0.381 e. The van der Waals surface area contributed by atoms with Crippen molar-refractivity contribution in [3.63, 3.8) is 0 Å². The zero-order chi connectivity index (χ0) is 8.97. The molecule has 0 heterocycles. The van der Waals surface area contributed by atoms with E-state index in [-0.39, 0.29) is 5.78 Å². The summed E-state index contributed by atoms with van der Waals surface area (Å²) >= 11 is 0. The van der Waals surface area contributed by atoms with Gasteiger partial charge in [0.25, 0.3) is 0 Å². The molecule has 0 saturated heterocycles. The lowest BCUT2D eigenvalue weighted by Gasteiger charge is -2.03. The molecule has 12 heavy (non-hydrogen) atoms. The largest absolute Gasteiger partial charge is 0.488 e. The van der Waals surface area contributed by atoms with Gasteiger partial charge in [0.2, 0.25) is 5.76 Å². The van der Waals surface area contributed by atoms with Crippen molar-refractivity contribution in [2.24, 2.45) is 0 Å². The molecule has 0 fully saturated rings. The van der Waals surface area contributed by atoms with Crippen molar-refractivity contribution in [2.45, 2.75) is 13.3 Å². The highest BCUT2D eigenvalue weighted by atomic mass is 16.5. The Morgan fingerprint density at radius 1 is 1.50 bits per heavy atom. The first kappa shape index (κ1) is 8.78. The number of rotatable bonds is 2. The molecule has 0 radical (unpaired) electrons. The second-order valence-electron chi connectivity index (χ2n) is 2.54. The molecule has 2 nitrogen and oxygen atoms in total. The van der Waals surface area contributed by atoms with E-state index < -0.39 is 0 Å². The third kappa shape index (κ3) is 1.84. The summed E-state index contributed by atoms with van der Waals surface area (Å²) in [6.45, 7) is 2.07. The Balaban J connectivity index is 2.86. The van der Waals surface area contributed by atoms with Crippen LogP contribution in [0.4, 0.5) is 0 Å². The Morgan fingerprint density at radius 2 is 2.25 bits per heavy atom. The standard InChI is InChI=1S/C10H12O2/c1-3-4-8-5-6-9(11)10(7-8)12-2/h4-7H,3H2,1-2H3/p+1/b8-4+. The van der Waals surface area contributed by atoms with Crippen LogP contribution in [0.5, 0.6) is 0 Å². The van der Waals surface area contributed by atoms with Gasteiger partial charge in [0.05, 0.1) is 7.11 Å². The highest BCUT2D eigenvalue weighted by molar-refractivity contribution is 6.05. The van der Waals surface area contributed by atoms with Gasteiger partial charge in [-0.2, -0.15) is 0 Å². The fourth-order valence-electron chi connectivity index (χ4n) is 1.06. The van der Waals surface area contributed by atoms with Crippen LogP contribution >= 0.6 is 0 Å². The van der Waals surface area contributed by atoms with E-state index in [1.54, 1.807) is 13.2 Å². The molecule has 1 N–H and O–H groups in total. The predicted octanol–water partition coefficient (Wildman–Crippen LogP) is 1.97. The van der Waals surface area contributed by atoms with Crippen LogP contribution in [0.3, 0.4) is 0 Å². The van der Waals surface area contributed by atoms with E-state index in [0.717, 1.165) is 12.0 Å². The van der Waals surface area contributed by atoms with Gasteiger partial charge < -0.3 is 4.74 Å². The number of hydrogen-bond acceptors (Lipinski definition) is 1. The van der Waals surface area contributed by atoms with Gasteiger partial charge in [0.15, 0.2) is 0 Å². The number of methoxy groups -OCH3 is 1. The molecule has 0 atom stereocenters. The van der Waals surface area contributed by atoms with E-state index in [1.165, 1.54) is 0 Å². The Hall–Kier alpha value is -1.31. The van der Waals surface area contributed by atoms with E-state index >= 15 is 0 Å². The van der Waals surface area contributed by atoms with Crippen molar-refractivity contribution in [1.29, 1.82) is 0 Å². The molecule has 0 spiro atoms. The van der Waals surface area contributed by atoms with Crippen LogP contribution in [0.1, 0.15) is 13.3 Å². The second-order valence-corrected chi connectivity index (χ2v) is 2.54. The zero-order valence-electron chi connectivity index (χ0n) is 7.37. The molecule has 0 unspecified atom stereocenters. The van der Waals surface area contributed by atoms with Crippen LogP contribution in [-0.2, 0) is 4.74 Å². The van der Waals surface area contributed by atoms with Crippen molar-refractivity contribution < 1.29 is 9.53 Å². The van der Waals surface area contributed by atoms with Crippen LogP contribution in [0, 0.1) is 0 Å². The van der Waals surface area contributed by atoms with Gasteiger partial charge >= 0.3 is 5.78 Å². The molecule has 0 amide bonds. The lowest BCUT2D eigenvalue weighted by Crippen LogP contribution is -2.05. The third-order valence-corrected chi connectivity index (χ3v) is 1.64. The van der Waals surface area contributed by atoms with Gasteiger partial charge in [-0.3, -0.25) is 4.79 Å². The summed E-state index contributed by atoms with van der Waals surface area (Å²) in [4.78, 5) is 9.26. The minimum Gasteiger partial charge on any atom is -0.488 e. The third-order valence-electron chi connectivity index (χ3n) is 1.64. The summed E-state index contributed by atoms with van der Waals surface area (Å²) in [6, 6.07) is 0. The van der Waals surface area contributed by atoms with Gasteiger partial charge in [0, 0.05) is 6.08 Å².